The Bertz CT molecular complexity index is 881. The molecule has 2 aliphatic heterocycles. The molecule has 4 heterocycles. The quantitative estimate of drug-likeness (QED) is 0.778. The molecule has 2 aromatic rings. The fourth-order valence-electron chi connectivity index (χ4n) is 3.72. The zero-order valence-electron chi connectivity index (χ0n) is 15.2. The monoisotopic (exact) mass is 379 g/mol. The summed E-state index contributed by atoms with van der Waals surface area (Å²) in [6, 6.07) is 3.82. The number of anilines is 1. The van der Waals surface area contributed by atoms with Gasteiger partial charge in [-0.3, -0.25) is 0 Å². The van der Waals surface area contributed by atoms with Gasteiger partial charge in [0.15, 0.2) is 11.5 Å². The van der Waals surface area contributed by atoms with Crippen LogP contribution in [-0.2, 0) is 10.2 Å². The van der Waals surface area contributed by atoms with Gasteiger partial charge in [-0.2, -0.15) is 21.5 Å². The first kappa shape index (κ1) is 17.6. The molecule has 0 unspecified atom stereocenters. The molecular weight excluding hydrogens is 354 g/mol. The van der Waals surface area contributed by atoms with E-state index in [4.69, 9.17) is 0 Å². The third-order valence-electron chi connectivity index (χ3n) is 5.27. The van der Waals surface area contributed by atoms with Crippen LogP contribution in [0.4, 0.5) is 5.82 Å². The molecule has 142 valence electrons. The lowest BCUT2D eigenvalue weighted by Crippen LogP contribution is -2.46. The topological polar surface area (TPSA) is 86.9 Å². The average Bonchev–Trinajstić information content (AvgIpc) is 3.31. The van der Waals surface area contributed by atoms with E-state index in [0.29, 0.717) is 26.2 Å². The van der Waals surface area contributed by atoms with Crippen molar-refractivity contribution in [3.8, 4) is 0 Å². The fourth-order valence-corrected chi connectivity index (χ4v) is 5.43. The molecule has 2 aromatic heterocycles. The van der Waals surface area contributed by atoms with Crippen molar-refractivity contribution < 1.29 is 8.42 Å². The Kier molecular flexibility index (Phi) is 4.57. The van der Waals surface area contributed by atoms with Gasteiger partial charge < -0.3 is 4.90 Å². The Labute approximate surface area is 153 Å². The summed E-state index contributed by atoms with van der Waals surface area (Å²) >= 11 is 0. The molecule has 0 spiro atoms. The molecule has 0 N–H and O–H groups in total. The molecule has 10 heteroatoms. The van der Waals surface area contributed by atoms with Gasteiger partial charge in [0.1, 0.15) is 5.82 Å². The van der Waals surface area contributed by atoms with Crippen LogP contribution in [-0.4, -0.2) is 77.1 Å². The van der Waals surface area contributed by atoms with E-state index in [-0.39, 0.29) is 5.92 Å². The van der Waals surface area contributed by atoms with Gasteiger partial charge in [-0.05, 0) is 37.8 Å². The molecule has 2 saturated heterocycles. The van der Waals surface area contributed by atoms with Crippen LogP contribution in [0.5, 0.6) is 0 Å². The van der Waals surface area contributed by atoms with Crippen LogP contribution in [0.15, 0.2) is 12.1 Å². The van der Waals surface area contributed by atoms with Crippen LogP contribution in [0, 0.1) is 0 Å². The first-order valence-corrected chi connectivity index (χ1v) is 10.5. The normalized spacial score (nSPS) is 20.8. The molecule has 0 aromatic carbocycles. The molecule has 0 aliphatic carbocycles. The Morgan fingerprint density at radius 3 is 2.31 bits per heavy atom. The summed E-state index contributed by atoms with van der Waals surface area (Å²) in [5, 5.41) is 13.2. The summed E-state index contributed by atoms with van der Waals surface area (Å²) in [7, 11) is 0.576. The van der Waals surface area contributed by atoms with E-state index in [2.05, 4.69) is 15.3 Å². The average molecular weight is 379 g/mol. The minimum absolute atomic E-state index is 0.167. The Morgan fingerprint density at radius 2 is 1.65 bits per heavy atom. The molecule has 4 rings (SSSR count). The van der Waals surface area contributed by atoms with Crippen LogP contribution in [0.25, 0.3) is 5.65 Å². The highest BCUT2D eigenvalue weighted by Crippen LogP contribution is 2.29. The van der Waals surface area contributed by atoms with Crippen molar-refractivity contribution in [3.05, 3.63) is 18.0 Å². The van der Waals surface area contributed by atoms with E-state index in [0.717, 1.165) is 43.0 Å². The van der Waals surface area contributed by atoms with Crippen molar-refractivity contribution in [2.75, 3.05) is 45.2 Å². The van der Waals surface area contributed by atoms with Gasteiger partial charge in [0, 0.05) is 46.2 Å². The molecular formula is C16H25N7O2S. The van der Waals surface area contributed by atoms with Gasteiger partial charge in [-0.25, -0.2) is 0 Å². The third kappa shape index (κ3) is 3.06. The van der Waals surface area contributed by atoms with Crippen LogP contribution >= 0.6 is 0 Å². The van der Waals surface area contributed by atoms with E-state index >= 15 is 0 Å². The van der Waals surface area contributed by atoms with Crippen molar-refractivity contribution in [1.29, 1.82) is 0 Å². The summed E-state index contributed by atoms with van der Waals surface area (Å²) in [6.07, 6.45) is 3.39. The second-order valence-corrected chi connectivity index (χ2v) is 9.13. The van der Waals surface area contributed by atoms with E-state index in [1.807, 2.05) is 31.1 Å². The molecule has 0 atom stereocenters. The summed E-state index contributed by atoms with van der Waals surface area (Å²) in [5.74, 6) is 1.83. The standard InChI is InChI=1S/C16H25N7O2S/c1-20(2)15-6-5-14-17-18-16(23(14)19-15)13-7-11-22(12-8-13)26(24,25)21-9-3-4-10-21/h5-6,13H,3-4,7-12H2,1-2H3. The number of hydrogen-bond acceptors (Lipinski definition) is 6. The van der Waals surface area contributed by atoms with Crippen molar-refractivity contribution in [2.45, 2.75) is 31.6 Å². The van der Waals surface area contributed by atoms with Crippen molar-refractivity contribution in [2.24, 2.45) is 0 Å². The molecule has 26 heavy (non-hydrogen) atoms. The van der Waals surface area contributed by atoms with Gasteiger partial charge in [-0.15, -0.1) is 15.3 Å². The van der Waals surface area contributed by atoms with Gasteiger partial charge >= 0.3 is 0 Å². The van der Waals surface area contributed by atoms with Crippen LogP contribution in [0.3, 0.4) is 0 Å². The molecule has 0 amide bonds. The Morgan fingerprint density at radius 1 is 1.00 bits per heavy atom. The lowest BCUT2D eigenvalue weighted by molar-refractivity contribution is 0.290. The predicted molar refractivity (Wildman–Crippen MR) is 98.4 cm³/mol. The summed E-state index contributed by atoms with van der Waals surface area (Å²) in [5.41, 5.74) is 0.720. The van der Waals surface area contributed by atoms with Crippen molar-refractivity contribution in [1.82, 2.24) is 28.4 Å². The largest absolute Gasteiger partial charge is 0.361 e. The van der Waals surface area contributed by atoms with Gasteiger partial charge in [0.05, 0.1) is 0 Å². The van der Waals surface area contributed by atoms with E-state index < -0.39 is 10.2 Å². The molecule has 2 fully saturated rings. The van der Waals surface area contributed by atoms with Crippen LogP contribution < -0.4 is 4.90 Å². The molecule has 0 radical (unpaired) electrons. The maximum atomic E-state index is 12.7. The van der Waals surface area contributed by atoms with Crippen LogP contribution in [0.1, 0.15) is 37.4 Å². The second-order valence-electron chi connectivity index (χ2n) is 7.20. The van der Waals surface area contributed by atoms with Crippen molar-refractivity contribution >= 4 is 21.7 Å². The molecule has 0 saturated carbocycles. The van der Waals surface area contributed by atoms with E-state index in [1.54, 1.807) is 13.1 Å². The Balaban J connectivity index is 1.51. The first-order chi connectivity index (χ1) is 12.5. The zero-order chi connectivity index (χ0) is 18.3. The minimum atomic E-state index is -3.31. The predicted octanol–water partition coefficient (Wildman–Crippen LogP) is 0.710. The van der Waals surface area contributed by atoms with Gasteiger partial charge in [-0.1, -0.05) is 0 Å². The fraction of sp³-hybridized carbons (Fsp3) is 0.688. The van der Waals surface area contributed by atoms with Gasteiger partial charge in [0.2, 0.25) is 0 Å². The maximum Gasteiger partial charge on any atom is 0.281 e. The zero-order valence-corrected chi connectivity index (χ0v) is 16.1. The van der Waals surface area contributed by atoms with Gasteiger partial charge in [0.25, 0.3) is 10.2 Å². The summed E-state index contributed by atoms with van der Waals surface area (Å²) < 4.78 is 30.5. The number of nitrogens with zero attached hydrogens (tertiary/aromatic N) is 7. The molecule has 9 nitrogen and oxygen atoms in total. The third-order valence-corrected chi connectivity index (χ3v) is 7.30. The highest BCUT2D eigenvalue weighted by Gasteiger charge is 2.35. The lowest BCUT2D eigenvalue weighted by Gasteiger charge is -2.32. The number of fused-ring (bicyclic) bond motifs is 1. The highest BCUT2D eigenvalue weighted by molar-refractivity contribution is 7.86. The lowest BCUT2D eigenvalue weighted by atomic mass is 9.97. The number of hydrogen-bond donors (Lipinski definition) is 0. The highest BCUT2D eigenvalue weighted by atomic mass is 32.2. The van der Waals surface area contributed by atoms with E-state index in [9.17, 15) is 8.42 Å². The van der Waals surface area contributed by atoms with E-state index in [1.165, 1.54) is 0 Å². The smallest absolute Gasteiger partial charge is 0.281 e. The SMILES string of the molecule is CN(C)c1ccc2nnc(C3CCN(S(=O)(=O)N4CCCC4)CC3)n2n1. The second kappa shape index (κ2) is 6.75. The number of aromatic nitrogens is 4. The maximum absolute atomic E-state index is 12.7. The van der Waals surface area contributed by atoms with Crippen molar-refractivity contribution in [3.63, 3.8) is 0 Å². The minimum Gasteiger partial charge on any atom is -0.361 e. The number of rotatable bonds is 4. The Hall–Kier alpha value is -1.78. The molecule has 2 aliphatic rings. The number of piperidine rings is 1. The summed E-state index contributed by atoms with van der Waals surface area (Å²) in [6.45, 7) is 2.33. The first-order valence-electron chi connectivity index (χ1n) is 9.12. The summed E-state index contributed by atoms with van der Waals surface area (Å²) in [4.78, 5) is 1.94. The molecule has 0 bridgehead atoms. The van der Waals surface area contributed by atoms with Crippen LogP contribution in [0.2, 0.25) is 0 Å².